The summed E-state index contributed by atoms with van der Waals surface area (Å²) in [6.45, 7) is -0.404. The lowest BCUT2D eigenvalue weighted by molar-refractivity contribution is -0.139. The van der Waals surface area contributed by atoms with Gasteiger partial charge in [-0.2, -0.15) is 0 Å². The molecule has 70 valence electrons. The second-order valence-corrected chi connectivity index (χ2v) is 2.74. The molecule has 0 radical (unpaired) electrons. The van der Waals surface area contributed by atoms with Gasteiger partial charge in [0, 0.05) is 5.69 Å². The molecule has 1 unspecified atom stereocenters. The van der Waals surface area contributed by atoms with Crippen molar-refractivity contribution in [2.24, 2.45) is 0 Å². The fourth-order valence-corrected chi connectivity index (χ4v) is 1.05. The monoisotopic (exact) mass is 181 g/mol. The summed E-state index contributed by atoms with van der Waals surface area (Å²) in [7, 11) is 0. The van der Waals surface area contributed by atoms with Crippen LogP contribution in [0.3, 0.4) is 0 Å². The van der Waals surface area contributed by atoms with Gasteiger partial charge in [-0.1, -0.05) is 12.1 Å². The first-order valence-corrected chi connectivity index (χ1v) is 3.84. The molecule has 0 bridgehead atoms. The fraction of sp³-hybridized carbons (Fsp3) is 0.222. The number of carbonyl (C=O) groups is 1. The molecule has 0 aliphatic rings. The van der Waals surface area contributed by atoms with E-state index in [1.165, 1.54) is 0 Å². The maximum Gasteiger partial charge on any atom is 0.313 e. The van der Waals surface area contributed by atoms with E-state index < -0.39 is 18.5 Å². The zero-order valence-electron chi connectivity index (χ0n) is 6.97. The van der Waals surface area contributed by atoms with Crippen LogP contribution in [0.4, 0.5) is 5.69 Å². The van der Waals surface area contributed by atoms with Crippen molar-refractivity contribution >= 4 is 11.7 Å². The number of hydrogen-bond donors (Lipinski definition) is 3. The Labute approximate surface area is 75.6 Å². The molecule has 1 aromatic rings. The SMILES string of the molecule is Nc1ccc(C(CO)C(=O)O)cc1. The molecule has 13 heavy (non-hydrogen) atoms. The molecule has 1 rings (SSSR count). The largest absolute Gasteiger partial charge is 0.481 e. The lowest BCUT2D eigenvalue weighted by Gasteiger charge is -2.08. The highest BCUT2D eigenvalue weighted by molar-refractivity contribution is 5.76. The van der Waals surface area contributed by atoms with Crippen LogP contribution < -0.4 is 5.73 Å². The number of aliphatic hydroxyl groups is 1. The summed E-state index contributed by atoms with van der Waals surface area (Å²) in [6.07, 6.45) is 0. The first-order chi connectivity index (χ1) is 6.15. The second-order valence-electron chi connectivity index (χ2n) is 2.74. The zero-order valence-corrected chi connectivity index (χ0v) is 6.97. The Morgan fingerprint density at radius 2 is 1.92 bits per heavy atom. The molecule has 1 atom stereocenters. The summed E-state index contributed by atoms with van der Waals surface area (Å²) < 4.78 is 0. The summed E-state index contributed by atoms with van der Waals surface area (Å²) in [5, 5.41) is 17.5. The normalized spacial score (nSPS) is 12.4. The molecule has 4 heteroatoms. The van der Waals surface area contributed by atoms with Gasteiger partial charge >= 0.3 is 5.97 Å². The van der Waals surface area contributed by atoms with Crippen LogP contribution in [0.15, 0.2) is 24.3 Å². The van der Waals surface area contributed by atoms with Crippen molar-refractivity contribution in [1.29, 1.82) is 0 Å². The molecule has 0 fully saturated rings. The number of anilines is 1. The lowest BCUT2D eigenvalue weighted by atomic mass is 10.0. The van der Waals surface area contributed by atoms with E-state index in [9.17, 15) is 4.79 Å². The molecule has 0 spiro atoms. The molecule has 1 aromatic carbocycles. The Bertz CT molecular complexity index is 294. The molecular weight excluding hydrogens is 170 g/mol. The van der Waals surface area contributed by atoms with E-state index in [0.29, 0.717) is 11.3 Å². The average Bonchev–Trinajstić information content (AvgIpc) is 2.09. The van der Waals surface area contributed by atoms with Crippen molar-refractivity contribution in [2.45, 2.75) is 5.92 Å². The first kappa shape index (κ1) is 9.54. The van der Waals surface area contributed by atoms with Crippen molar-refractivity contribution in [1.82, 2.24) is 0 Å². The molecule has 0 heterocycles. The van der Waals surface area contributed by atoms with Gasteiger partial charge in [-0.05, 0) is 17.7 Å². The molecule has 0 aliphatic heterocycles. The number of nitrogens with two attached hydrogens (primary N) is 1. The van der Waals surface area contributed by atoms with E-state index in [0.717, 1.165) is 0 Å². The van der Waals surface area contributed by atoms with E-state index in [2.05, 4.69) is 0 Å². The van der Waals surface area contributed by atoms with E-state index in [1.807, 2.05) is 0 Å². The maximum absolute atomic E-state index is 10.6. The topological polar surface area (TPSA) is 83.5 Å². The van der Waals surface area contributed by atoms with Crippen molar-refractivity contribution in [3.8, 4) is 0 Å². The van der Waals surface area contributed by atoms with Crippen LogP contribution in [-0.4, -0.2) is 22.8 Å². The van der Waals surface area contributed by atoms with Gasteiger partial charge in [0.05, 0.1) is 6.61 Å². The average molecular weight is 181 g/mol. The minimum absolute atomic E-state index is 0.404. The Kier molecular flexibility index (Phi) is 2.87. The number of hydrogen-bond acceptors (Lipinski definition) is 3. The second kappa shape index (κ2) is 3.91. The summed E-state index contributed by atoms with van der Waals surface area (Å²) in [6, 6.07) is 6.43. The van der Waals surface area contributed by atoms with Gasteiger partial charge in [0.25, 0.3) is 0 Å². The number of benzene rings is 1. The van der Waals surface area contributed by atoms with Gasteiger partial charge < -0.3 is 15.9 Å². The predicted octanol–water partition coefficient (Wildman–Crippen LogP) is 0.429. The summed E-state index contributed by atoms with van der Waals surface area (Å²) in [5.41, 5.74) is 6.57. The smallest absolute Gasteiger partial charge is 0.313 e. The first-order valence-electron chi connectivity index (χ1n) is 3.84. The van der Waals surface area contributed by atoms with E-state index in [1.54, 1.807) is 24.3 Å². The molecule has 0 aromatic heterocycles. The van der Waals surface area contributed by atoms with Crippen molar-refractivity contribution < 1.29 is 15.0 Å². The number of rotatable bonds is 3. The van der Waals surface area contributed by atoms with Crippen LogP contribution in [0, 0.1) is 0 Å². The third-order valence-corrected chi connectivity index (χ3v) is 1.82. The van der Waals surface area contributed by atoms with Gasteiger partial charge in [-0.25, -0.2) is 0 Å². The number of nitrogen functional groups attached to an aromatic ring is 1. The third-order valence-electron chi connectivity index (χ3n) is 1.82. The number of aliphatic carboxylic acids is 1. The summed E-state index contributed by atoms with van der Waals surface area (Å²) in [5.74, 6) is -1.90. The molecule has 0 saturated heterocycles. The van der Waals surface area contributed by atoms with Gasteiger partial charge in [0.1, 0.15) is 5.92 Å². The molecule has 0 saturated carbocycles. The molecule has 4 nitrogen and oxygen atoms in total. The Hall–Kier alpha value is -1.55. The van der Waals surface area contributed by atoms with E-state index in [-0.39, 0.29) is 0 Å². The summed E-state index contributed by atoms with van der Waals surface area (Å²) in [4.78, 5) is 10.6. The predicted molar refractivity (Wildman–Crippen MR) is 48.3 cm³/mol. The van der Waals surface area contributed by atoms with Crippen molar-refractivity contribution in [2.75, 3.05) is 12.3 Å². The highest BCUT2D eigenvalue weighted by atomic mass is 16.4. The van der Waals surface area contributed by atoms with Crippen LogP contribution in [-0.2, 0) is 4.79 Å². The van der Waals surface area contributed by atoms with Gasteiger partial charge in [0.2, 0.25) is 0 Å². The van der Waals surface area contributed by atoms with Crippen LogP contribution in [0.25, 0.3) is 0 Å². The lowest BCUT2D eigenvalue weighted by Crippen LogP contribution is -2.15. The Morgan fingerprint density at radius 3 is 2.31 bits per heavy atom. The molecule has 0 aliphatic carbocycles. The molecule has 0 amide bonds. The highest BCUT2D eigenvalue weighted by Gasteiger charge is 2.17. The van der Waals surface area contributed by atoms with Crippen LogP contribution >= 0.6 is 0 Å². The standard InChI is InChI=1S/C9H11NO3/c10-7-3-1-6(2-4-7)8(5-11)9(12)13/h1-4,8,11H,5,10H2,(H,12,13). The van der Waals surface area contributed by atoms with E-state index in [4.69, 9.17) is 15.9 Å². The van der Waals surface area contributed by atoms with Gasteiger partial charge in [-0.3, -0.25) is 4.79 Å². The summed E-state index contributed by atoms with van der Waals surface area (Å²) >= 11 is 0. The van der Waals surface area contributed by atoms with Crippen LogP contribution in [0.1, 0.15) is 11.5 Å². The van der Waals surface area contributed by atoms with Crippen molar-refractivity contribution in [3.63, 3.8) is 0 Å². The van der Waals surface area contributed by atoms with E-state index >= 15 is 0 Å². The quantitative estimate of drug-likeness (QED) is 0.590. The van der Waals surface area contributed by atoms with Gasteiger partial charge in [0.15, 0.2) is 0 Å². The minimum Gasteiger partial charge on any atom is -0.481 e. The van der Waals surface area contributed by atoms with Crippen LogP contribution in [0.5, 0.6) is 0 Å². The fourth-order valence-electron chi connectivity index (χ4n) is 1.05. The Morgan fingerprint density at radius 1 is 1.38 bits per heavy atom. The van der Waals surface area contributed by atoms with Crippen molar-refractivity contribution in [3.05, 3.63) is 29.8 Å². The third kappa shape index (κ3) is 2.19. The van der Waals surface area contributed by atoms with Crippen LogP contribution in [0.2, 0.25) is 0 Å². The number of carboxylic acids is 1. The minimum atomic E-state index is -1.03. The molecule has 4 N–H and O–H groups in total. The zero-order chi connectivity index (χ0) is 9.84. The maximum atomic E-state index is 10.6. The Balaban J connectivity index is 2.92. The number of carboxylic acid groups (broad SMARTS) is 1. The number of aliphatic hydroxyl groups excluding tert-OH is 1. The highest BCUT2D eigenvalue weighted by Crippen LogP contribution is 2.16. The van der Waals surface area contributed by atoms with Gasteiger partial charge in [-0.15, -0.1) is 0 Å². The molecular formula is C9H11NO3.